The van der Waals surface area contributed by atoms with E-state index in [9.17, 15) is 9.59 Å². The quantitative estimate of drug-likeness (QED) is 0.900. The molecule has 1 aromatic heterocycles. The van der Waals surface area contributed by atoms with Crippen LogP contribution < -0.4 is 5.32 Å². The lowest BCUT2D eigenvalue weighted by Crippen LogP contribution is -2.43. The molecule has 136 valence electrons. The van der Waals surface area contributed by atoms with Gasteiger partial charge in [-0.1, -0.05) is 35.9 Å². The van der Waals surface area contributed by atoms with E-state index in [1.165, 1.54) is 5.56 Å². The minimum atomic E-state index is -0.0184. The molecular weight excluding hydrogens is 326 g/mol. The highest BCUT2D eigenvalue weighted by Gasteiger charge is 2.27. The third kappa shape index (κ3) is 4.91. The normalized spacial score (nSPS) is 14.9. The Morgan fingerprint density at radius 2 is 1.85 bits per heavy atom. The van der Waals surface area contributed by atoms with Crippen LogP contribution in [-0.2, 0) is 22.6 Å². The van der Waals surface area contributed by atoms with Gasteiger partial charge in [0.2, 0.25) is 11.8 Å². The Morgan fingerprint density at radius 3 is 2.50 bits per heavy atom. The van der Waals surface area contributed by atoms with Crippen LogP contribution in [0.1, 0.15) is 29.5 Å². The van der Waals surface area contributed by atoms with Crippen LogP contribution in [0.5, 0.6) is 0 Å². The van der Waals surface area contributed by atoms with Crippen LogP contribution in [0.2, 0.25) is 0 Å². The molecule has 2 amide bonds. The van der Waals surface area contributed by atoms with Crippen molar-refractivity contribution in [3.05, 3.63) is 65.5 Å². The molecule has 0 spiro atoms. The van der Waals surface area contributed by atoms with Crippen LogP contribution in [0, 0.1) is 12.8 Å². The second-order valence-electron chi connectivity index (χ2n) is 6.90. The summed E-state index contributed by atoms with van der Waals surface area (Å²) in [6, 6.07) is 11.9. The predicted octanol–water partition coefficient (Wildman–Crippen LogP) is 2.49. The standard InChI is InChI=1S/C21H25N3O2/c1-16-4-6-17(7-5-16)13-20(25)24-11-8-19(9-12-24)21(26)23-15-18-3-2-10-22-14-18/h2-7,10,14,19H,8-9,11-13,15H2,1H3,(H,23,26). The fraction of sp³-hybridized carbons (Fsp3) is 0.381. The van der Waals surface area contributed by atoms with Crippen molar-refractivity contribution in [2.75, 3.05) is 13.1 Å². The highest BCUT2D eigenvalue weighted by Crippen LogP contribution is 2.18. The van der Waals surface area contributed by atoms with Crippen molar-refractivity contribution in [1.82, 2.24) is 15.2 Å². The molecule has 0 saturated carbocycles. The molecule has 0 radical (unpaired) electrons. The van der Waals surface area contributed by atoms with Gasteiger partial charge in [-0.15, -0.1) is 0 Å². The number of carbonyl (C=O) groups is 2. The summed E-state index contributed by atoms with van der Waals surface area (Å²) >= 11 is 0. The lowest BCUT2D eigenvalue weighted by atomic mass is 9.95. The summed E-state index contributed by atoms with van der Waals surface area (Å²) in [5.41, 5.74) is 3.22. The third-order valence-corrected chi connectivity index (χ3v) is 4.88. The molecule has 2 aromatic rings. The number of benzene rings is 1. The van der Waals surface area contributed by atoms with E-state index in [0.29, 0.717) is 26.1 Å². The van der Waals surface area contributed by atoms with Crippen LogP contribution in [-0.4, -0.2) is 34.8 Å². The van der Waals surface area contributed by atoms with Crippen LogP contribution >= 0.6 is 0 Å². The molecule has 5 heteroatoms. The summed E-state index contributed by atoms with van der Waals surface area (Å²) in [5.74, 6) is 0.192. The second-order valence-corrected chi connectivity index (χ2v) is 6.90. The lowest BCUT2D eigenvalue weighted by Gasteiger charge is -2.31. The van der Waals surface area contributed by atoms with Crippen molar-refractivity contribution >= 4 is 11.8 Å². The van der Waals surface area contributed by atoms with E-state index in [-0.39, 0.29) is 17.7 Å². The number of hydrogen-bond donors (Lipinski definition) is 1. The first kappa shape index (κ1) is 18.1. The Morgan fingerprint density at radius 1 is 1.12 bits per heavy atom. The molecular formula is C21H25N3O2. The van der Waals surface area contributed by atoms with Gasteiger partial charge in [-0.2, -0.15) is 0 Å². The maximum absolute atomic E-state index is 12.5. The zero-order chi connectivity index (χ0) is 18.4. The lowest BCUT2D eigenvalue weighted by molar-refractivity contribution is -0.135. The summed E-state index contributed by atoms with van der Waals surface area (Å²) in [7, 11) is 0. The number of nitrogens with one attached hydrogen (secondary N) is 1. The van der Waals surface area contributed by atoms with E-state index in [0.717, 1.165) is 24.0 Å². The highest BCUT2D eigenvalue weighted by molar-refractivity contribution is 5.81. The minimum absolute atomic E-state index is 0.0184. The molecule has 5 nitrogen and oxygen atoms in total. The Kier molecular flexibility index (Phi) is 6.00. The number of amides is 2. The molecule has 26 heavy (non-hydrogen) atoms. The van der Waals surface area contributed by atoms with Crippen molar-refractivity contribution in [1.29, 1.82) is 0 Å². The average Bonchev–Trinajstić information content (AvgIpc) is 2.69. The topological polar surface area (TPSA) is 62.3 Å². The molecule has 2 heterocycles. The highest BCUT2D eigenvalue weighted by atomic mass is 16.2. The fourth-order valence-electron chi connectivity index (χ4n) is 3.22. The maximum Gasteiger partial charge on any atom is 0.226 e. The van der Waals surface area contributed by atoms with Crippen LogP contribution in [0.3, 0.4) is 0 Å². The second kappa shape index (κ2) is 8.61. The number of likely N-dealkylation sites (tertiary alicyclic amines) is 1. The monoisotopic (exact) mass is 351 g/mol. The van der Waals surface area contributed by atoms with Gasteiger partial charge >= 0.3 is 0 Å². The predicted molar refractivity (Wildman–Crippen MR) is 100 cm³/mol. The SMILES string of the molecule is Cc1ccc(CC(=O)N2CCC(C(=O)NCc3cccnc3)CC2)cc1. The molecule has 0 atom stereocenters. The van der Waals surface area contributed by atoms with Crippen molar-refractivity contribution < 1.29 is 9.59 Å². The largest absolute Gasteiger partial charge is 0.352 e. The molecule has 3 rings (SSSR count). The molecule has 1 fully saturated rings. The molecule has 1 saturated heterocycles. The number of carbonyl (C=O) groups excluding carboxylic acids is 2. The van der Waals surface area contributed by atoms with Crippen molar-refractivity contribution in [3.8, 4) is 0 Å². The van der Waals surface area contributed by atoms with Gasteiger partial charge in [-0.3, -0.25) is 14.6 Å². The molecule has 1 N–H and O–H groups in total. The van der Waals surface area contributed by atoms with E-state index in [1.807, 2.05) is 48.2 Å². The maximum atomic E-state index is 12.5. The molecule has 0 unspecified atom stereocenters. The van der Waals surface area contributed by atoms with Gasteiger partial charge in [-0.25, -0.2) is 0 Å². The number of aromatic nitrogens is 1. The molecule has 1 aromatic carbocycles. The zero-order valence-corrected chi connectivity index (χ0v) is 15.1. The number of rotatable bonds is 5. The smallest absolute Gasteiger partial charge is 0.226 e. The van der Waals surface area contributed by atoms with Crippen molar-refractivity contribution in [2.24, 2.45) is 5.92 Å². The first-order chi connectivity index (χ1) is 12.6. The summed E-state index contributed by atoms with van der Waals surface area (Å²) < 4.78 is 0. The van der Waals surface area contributed by atoms with Crippen LogP contribution in [0.25, 0.3) is 0 Å². The van der Waals surface area contributed by atoms with Gasteiger partial charge in [0, 0.05) is 37.9 Å². The zero-order valence-electron chi connectivity index (χ0n) is 15.1. The Labute approximate surface area is 154 Å². The minimum Gasteiger partial charge on any atom is -0.352 e. The number of nitrogens with zero attached hydrogens (tertiary/aromatic N) is 2. The molecule has 1 aliphatic heterocycles. The number of pyridine rings is 1. The van der Waals surface area contributed by atoms with Crippen LogP contribution in [0.15, 0.2) is 48.8 Å². The van der Waals surface area contributed by atoms with E-state index in [1.54, 1.807) is 12.4 Å². The number of piperidine rings is 1. The van der Waals surface area contributed by atoms with Gasteiger partial charge in [0.25, 0.3) is 0 Å². The first-order valence-corrected chi connectivity index (χ1v) is 9.12. The fourth-order valence-corrected chi connectivity index (χ4v) is 3.22. The molecule has 0 aliphatic carbocycles. The Hall–Kier alpha value is -2.69. The van der Waals surface area contributed by atoms with E-state index >= 15 is 0 Å². The van der Waals surface area contributed by atoms with Crippen LogP contribution in [0.4, 0.5) is 0 Å². The van der Waals surface area contributed by atoms with Gasteiger partial charge in [0.05, 0.1) is 6.42 Å². The Balaban J connectivity index is 1.43. The van der Waals surface area contributed by atoms with Gasteiger partial charge in [-0.05, 0) is 37.0 Å². The third-order valence-electron chi connectivity index (χ3n) is 4.88. The van der Waals surface area contributed by atoms with Crippen molar-refractivity contribution in [2.45, 2.75) is 32.7 Å². The first-order valence-electron chi connectivity index (χ1n) is 9.12. The average molecular weight is 351 g/mol. The van der Waals surface area contributed by atoms with Gasteiger partial charge in [0.15, 0.2) is 0 Å². The van der Waals surface area contributed by atoms with Crippen molar-refractivity contribution in [3.63, 3.8) is 0 Å². The summed E-state index contributed by atoms with van der Waals surface area (Å²) in [6.45, 7) is 3.83. The van der Waals surface area contributed by atoms with Gasteiger partial charge < -0.3 is 10.2 Å². The summed E-state index contributed by atoms with van der Waals surface area (Å²) in [4.78, 5) is 30.7. The summed E-state index contributed by atoms with van der Waals surface area (Å²) in [6.07, 6.45) is 5.34. The Bertz CT molecular complexity index is 736. The van der Waals surface area contributed by atoms with E-state index < -0.39 is 0 Å². The molecule has 1 aliphatic rings. The summed E-state index contributed by atoms with van der Waals surface area (Å²) in [5, 5.41) is 2.98. The van der Waals surface area contributed by atoms with E-state index in [4.69, 9.17) is 0 Å². The number of aryl methyl sites for hydroxylation is 1. The number of hydrogen-bond acceptors (Lipinski definition) is 3. The van der Waals surface area contributed by atoms with Gasteiger partial charge in [0.1, 0.15) is 0 Å². The molecule has 0 bridgehead atoms. The van der Waals surface area contributed by atoms with E-state index in [2.05, 4.69) is 10.3 Å².